The molecule has 2 heterocycles. The molecule has 0 saturated carbocycles. The number of para-hydroxylation sites is 2. The van der Waals surface area contributed by atoms with Crippen LogP contribution in [-0.4, -0.2) is 10.6 Å². The van der Waals surface area contributed by atoms with Crippen LogP contribution in [0.2, 0.25) is 0 Å². The summed E-state index contributed by atoms with van der Waals surface area (Å²) in [5.74, 6) is -0.0125. The van der Waals surface area contributed by atoms with Crippen molar-refractivity contribution in [2.75, 3.05) is 0 Å². The van der Waals surface area contributed by atoms with Gasteiger partial charge in [0, 0.05) is 29.1 Å². The molecule has 0 aliphatic carbocycles. The summed E-state index contributed by atoms with van der Waals surface area (Å²) in [5, 5.41) is 1.07. The zero-order valence-corrected chi connectivity index (χ0v) is 13.7. The van der Waals surface area contributed by atoms with E-state index < -0.39 is 5.60 Å². The molecule has 3 heteroatoms. The van der Waals surface area contributed by atoms with Crippen molar-refractivity contribution in [1.29, 1.82) is 0 Å². The van der Waals surface area contributed by atoms with Gasteiger partial charge in [0.1, 0.15) is 5.60 Å². The smallest absolute Gasteiger partial charge is 0.165 e. The second kappa shape index (κ2) is 5.45. The number of halogens is 1. The average molecular weight is 319 g/mol. The second-order valence-corrected chi connectivity index (χ2v) is 6.72. The van der Waals surface area contributed by atoms with Crippen molar-refractivity contribution in [1.82, 2.24) is 4.98 Å². The molecule has 0 amide bonds. The lowest BCUT2D eigenvalue weighted by atomic mass is 9.95. The molecule has 4 rings (SSSR count). The molecule has 120 valence electrons. The van der Waals surface area contributed by atoms with Crippen molar-refractivity contribution < 1.29 is 9.13 Å². The van der Waals surface area contributed by atoms with Gasteiger partial charge in [-0.2, -0.15) is 0 Å². The molecule has 2 nitrogen and oxygen atoms in total. The summed E-state index contributed by atoms with van der Waals surface area (Å²) in [6.45, 7) is 3.95. The highest BCUT2D eigenvalue weighted by atomic mass is 19.1. The Morgan fingerprint density at radius 2 is 1.92 bits per heavy atom. The average Bonchev–Trinajstić information content (AvgIpc) is 2.71. The third kappa shape index (κ3) is 2.56. The summed E-state index contributed by atoms with van der Waals surface area (Å²) in [6.07, 6.45) is 4.67. The number of ether oxygens (including phenoxy) is 1. The summed E-state index contributed by atoms with van der Waals surface area (Å²) >= 11 is 0. The van der Waals surface area contributed by atoms with E-state index in [0.29, 0.717) is 12.2 Å². The molecule has 24 heavy (non-hydrogen) atoms. The number of rotatable bonds is 1. The number of hydrogen-bond acceptors (Lipinski definition) is 2. The Kier molecular flexibility index (Phi) is 3.38. The molecule has 1 aliphatic heterocycles. The zero-order valence-electron chi connectivity index (χ0n) is 13.7. The molecule has 3 aromatic rings. The fourth-order valence-corrected chi connectivity index (χ4v) is 3.09. The topological polar surface area (TPSA) is 22.1 Å². The van der Waals surface area contributed by atoms with E-state index in [2.05, 4.69) is 17.1 Å². The maximum absolute atomic E-state index is 14.4. The van der Waals surface area contributed by atoms with Crippen molar-refractivity contribution >= 4 is 16.5 Å². The molecule has 0 bridgehead atoms. The van der Waals surface area contributed by atoms with Crippen LogP contribution in [0.25, 0.3) is 16.5 Å². The lowest BCUT2D eigenvalue weighted by Gasteiger charge is -2.24. The summed E-state index contributed by atoms with van der Waals surface area (Å²) in [7, 11) is 0. The first-order valence-electron chi connectivity index (χ1n) is 8.07. The third-order valence-electron chi connectivity index (χ3n) is 4.33. The highest BCUT2D eigenvalue weighted by molar-refractivity contribution is 5.88. The van der Waals surface area contributed by atoms with Gasteiger partial charge in [-0.15, -0.1) is 0 Å². The van der Waals surface area contributed by atoms with Gasteiger partial charge in [0.25, 0.3) is 0 Å². The van der Waals surface area contributed by atoms with E-state index >= 15 is 0 Å². The van der Waals surface area contributed by atoms with Crippen molar-refractivity contribution in [2.45, 2.75) is 25.9 Å². The molecule has 0 unspecified atom stereocenters. The fraction of sp³-hybridized carbons (Fsp3) is 0.190. The normalized spacial score (nSPS) is 16.0. The van der Waals surface area contributed by atoms with Gasteiger partial charge in [-0.25, -0.2) is 4.39 Å². The van der Waals surface area contributed by atoms with E-state index in [4.69, 9.17) is 4.74 Å². The van der Waals surface area contributed by atoms with Gasteiger partial charge >= 0.3 is 0 Å². The highest BCUT2D eigenvalue weighted by Gasteiger charge is 2.27. The monoisotopic (exact) mass is 319 g/mol. The van der Waals surface area contributed by atoms with Gasteiger partial charge in [-0.1, -0.05) is 36.4 Å². The standard InChI is InChI=1S/C21H18FNO/c1-21(2)11-10-16(17-7-5-8-18(22)20(17)24-21)15-12-14-6-3-4-9-19(14)23-13-15/h3-10,12-13H,11H2,1-2H3. The van der Waals surface area contributed by atoms with E-state index in [-0.39, 0.29) is 5.82 Å². The lowest BCUT2D eigenvalue weighted by Crippen LogP contribution is -2.27. The van der Waals surface area contributed by atoms with E-state index in [1.807, 2.05) is 50.4 Å². The molecular formula is C21H18FNO. The lowest BCUT2D eigenvalue weighted by molar-refractivity contribution is 0.108. The van der Waals surface area contributed by atoms with Crippen LogP contribution in [0.3, 0.4) is 0 Å². The van der Waals surface area contributed by atoms with Crippen LogP contribution in [0, 0.1) is 5.82 Å². The molecular weight excluding hydrogens is 301 g/mol. The Bertz CT molecular complexity index is 959. The molecule has 0 atom stereocenters. The van der Waals surface area contributed by atoms with Gasteiger partial charge in [-0.3, -0.25) is 4.98 Å². The van der Waals surface area contributed by atoms with Crippen molar-refractivity contribution in [3.05, 3.63) is 77.7 Å². The van der Waals surface area contributed by atoms with Crippen molar-refractivity contribution in [2.24, 2.45) is 0 Å². The van der Waals surface area contributed by atoms with Crippen LogP contribution >= 0.6 is 0 Å². The second-order valence-electron chi connectivity index (χ2n) is 6.72. The predicted molar refractivity (Wildman–Crippen MR) is 94.5 cm³/mol. The van der Waals surface area contributed by atoms with Crippen molar-refractivity contribution in [3.63, 3.8) is 0 Å². The number of fused-ring (bicyclic) bond motifs is 2. The van der Waals surface area contributed by atoms with Crippen LogP contribution in [0.1, 0.15) is 31.4 Å². The van der Waals surface area contributed by atoms with E-state index in [0.717, 1.165) is 27.6 Å². The van der Waals surface area contributed by atoms with Gasteiger partial charge < -0.3 is 4.74 Å². The summed E-state index contributed by atoms with van der Waals surface area (Å²) in [6, 6.07) is 15.2. The first-order valence-corrected chi connectivity index (χ1v) is 8.07. The number of hydrogen-bond donors (Lipinski definition) is 0. The molecule has 0 radical (unpaired) electrons. The van der Waals surface area contributed by atoms with E-state index in [9.17, 15) is 4.39 Å². The maximum Gasteiger partial charge on any atom is 0.165 e. The highest BCUT2D eigenvalue weighted by Crippen LogP contribution is 2.39. The van der Waals surface area contributed by atoms with Gasteiger partial charge in [-0.05, 0) is 37.6 Å². The van der Waals surface area contributed by atoms with E-state index in [1.165, 1.54) is 6.07 Å². The van der Waals surface area contributed by atoms with Crippen LogP contribution in [0.15, 0.2) is 60.8 Å². The molecule has 1 aliphatic rings. The summed E-state index contributed by atoms with van der Waals surface area (Å²) < 4.78 is 20.3. The Morgan fingerprint density at radius 1 is 1.08 bits per heavy atom. The minimum Gasteiger partial charge on any atom is -0.484 e. The SMILES string of the molecule is CC1(C)CC=C(c2cnc3ccccc3c2)c2cccc(F)c2O1. The third-order valence-corrected chi connectivity index (χ3v) is 4.33. The first-order chi connectivity index (χ1) is 11.5. The Labute approximate surface area is 140 Å². The maximum atomic E-state index is 14.4. The van der Waals surface area contributed by atoms with Crippen LogP contribution in [0.4, 0.5) is 4.39 Å². The number of aromatic nitrogens is 1. The number of pyridine rings is 1. The first kappa shape index (κ1) is 14.9. The molecule has 0 fully saturated rings. The van der Waals surface area contributed by atoms with Crippen LogP contribution in [-0.2, 0) is 0 Å². The van der Waals surface area contributed by atoms with Crippen molar-refractivity contribution in [3.8, 4) is 5.75 Å². The van der Waals surface area contributed by atoms with Crippen LogP contribution in [0.5, 0.6) is 5.75 Å². The Hall–Kier alpha value is -2.68. The number of benzene rings is 2. The quantitative estimate of drug-likeness (QED) is 0.602. The van der Waals surface area contributed by atoms with Crippen LogP contribution < -0.4 is 4.74 Å². The summed E-state index contributed by atoms with van der Waals surface area (Å²) in [5.41, 5.74) is 3.21. The van der Waals surface area contributed by atoms with E-state index in [1.54, 1.807) is 6.07 Å². The molecule has 1 aromatic heterocycles. The Balaban J connectivity index is 1.93. The summed E-state index contributed by atoms with van der Waals surface area (Å²) in [4.78, 5) is 4.54. The molecule has 0 spiro atoms. The van der Waals surface area contributed by atoms with Gasteiger partial charge in [0.05, 0.1) is 5.52 Å². The minimum absolute atomic E-state index is 0.319. The molecule has 2 aromatic carbocycles. The molecule has 0 N–H and O–H groups in total. The zero-order chi connectivity index (χ0) is 16.7. The van der Waals surface area contributed by atoms with Gasteiger partial charge in [0.2, 0.25) is 0 Å². The van der Waals surface area contributed by atoms with Gasteiger partial charge in [0.15, 0.2) is 11.6 Å². The predicted octanol–water partition coefficient (Wildman–Crippen LogP) is 5.37. The largest absolute Gasteiger partial charge is 0.484 e. The molecule has 0 saturated heterocycles. The fourth-order valence-electron chi connectivity index (χ4n) is 3.09. The number of nitrogens with zero attached hydrogens (tertiary/aromatic N) is 1. The Morgan fingerprint density at radius 3 is 2.79 bits per heavy atom. The minimum atomic E-state index is -0.455.